The maximum absolute atomic E-state index is 14.0. The van der Waals surface area contributed by atoms with Gasteiger partial charge in [0, 0.05) is 53.1 Å². The summed E-state index contributed by atoms with van der Waals surface area (Å²) in [6, 6.07) is 18.7. The highest BCUT2D eigenvalue weighted by Gasteiger charge is 2.25. The van der Waals surface area contributed by atoms with Crippen molar-refractivity contribution in [1.29, 1.82) is 0 Å². The Kier molecular flexibility index (Phi) is 18.5. The van der Waals surface area contributed by atoms with Crippen LogP contribution in [0.1, 0.15) is 16.7 Å². The lowest BCUT2D eigenvalue weighted by molar-refractivity contribution is -0.904. The molecule has 0 amide bonds. The van der Waals surface area contributed by atoms with Gasteiger partial charge in [-0.05, 0) is 24.3 Å². The second-order valence-corrected chi connectivity index (χ2v) is 15.5. The summed E-state index contributed by atoms with van der Waals surface area (Å²) in [4.78, 5) is 74.0. The minimum Gasteiger partial charge on any atom is -1.00 e. The molecule has 312 valence electrons. The summed E-state index contributed by atoms with van der Waals surface area (Å²) >= 11 is 0. The zero-order valence-corrected chi connectivity index (χ0v) is 37.4. The van der Waals surface area contributed by atoms with Crippen molar-refractivity contribution in [2.24, 2.45) is 0 Å². The van der Waals surface area contributed by atoms with E-state index in [1.807, 2.05) is 42.3 Å². The van der Waals surface area contributed by atoms with E-state index in [-0.39, 0.29) is 92.1 Å². The van der Waals surface area contributed by atoms with Crippen LogP contribution in [0.15, 0.2) is 87.2 Å². The lowest BCUT2D eigenvalue weighted by Gasteiger charge is -2.31. The smallest absolute Gasteiger partial charge is 0.336 e. The van der Waals surface area contributed by atoms with E-state index in [2.05, 4.69) is 0 Å². The molecule has 0 unspecified atom stereocenters. The molecule has 1 aromatic heterocycles. The van der Waals surface area contributed by atoms with Gasteiger partial charge in [-0.3, -0.25) is 30.3 Å². The Morgan fingerprint density at radius 1 is 0.456 bits per heavy atom. The summed E-state index contributed by atoms with van der Waals surface area (Å²) in [6.07, 6.45) is 0. The van der Waals surface area contributed by atoms with Crippen molar-refractivity contribution in [2.45, 2.75) is 39.3 Å². The molecule has 0 spiro atoms. The Bertz CT molecular complexity index is 2090. The van der Waals surface area contributed by atoms with E-state index in [0.29, 0.717) is 53.8 Å². The average Bonchev–Trinajstić information content (AvgIpc) is 3.08. The van der Waals surface area contributed by atoms with Crippen LogP contribution in [-0.4, -0.2) is 104 Å². The SMILES string of the molecule is C[N+](C)(CCn1c(=O)n(CC[N+](C)(C)Cc2ccc([N+](=O)[O-])cc2)c(=O)n(CC[N+](C)(C)Cc2cccc([N+](=O)[O-])c2)c1=O)Cc1ccc([N+](=O)[O-])cc1.[Br-].[Br-].[Br-]. The van der Waals surface area contributed by atoms with Gasteiger partial charge in [0.05, 0.1) is 96.3 Å². The van der Waals surface area contributed by atoms with Crippen molar-refractivity contribution >= 4 is 17.1 Å². The van der Waals surface area contributed by atoms with Crippen LogP contribution in [0, 0.1) is 30.3 Å². The molecule has 0 N–H and O–H groups in total. The molecule has 0 aliphatic carbocycles. The fraction of sp³-hybridized carbons (Fsp3) is 0.417. The van der Waals surface area contributed by atoms with Crippen LogP contribution >= 0.6 is 0 Å². The molecule has 0 aliphatic heterocycles. The van der Waals surface area contributed by atoms with E-state index in [1.54, 1.807) is 36.4 Å². The zero-order chi connectivity index (χ0) is 40.0. The first-order chi connectivity index (χ1) is 25.2. The summed E-state index contributed by atoms with van der Waals surface area (Å²) < 4.78 is 4.17. The molecular weight excluding hydrogens is 942 g/mol. The van der Waals surface area contributed by atoms with Gasteiger partial charge in [-0.15, -0.1) is 0 Å². The van der Waals surface area contributed by atoms with Crippen molar-refractivity contribution in [3.63, 3.8) is 0 Å². The average molecular weight is 991 g/mol. The summed E-state index contributed by atoms with van der Waals surface area (Å²) in [6.45, 7) is 2.18. The minimum absolute atomic E-state index is 0. The highest BCUT2D eigenvalue weighted by Crippen LogP contribution is 2.18. The number of nitrogens with zero attached hydrogens (tertiary/aromatic N) is 9. The highest BCUT2D eigenvalue weighted by atomic mass is 79.9. The van der Waals surface area contributed by atoms with Crippen LogP contribution in [0.3, 0.4) is 0 Å². The molecule has 0 saturated carbocycles. The minimum atomic E-state index is -0.744. The summed E-state index contributed by atoms with van der Waals surface area (Å²) in [7, 11) is 11.4. The van der Waals surface area contributed by atoms with Gasteiger partial charge in [0.2, 0.25) is 0 Å². The molecule has 0 atom stereocenters. The number of halogens is 3. The van der Waals surface area contributed by atoms with Crippen LogP contribution in [-0.2, 0) is 39.3 Å². The Morgan fingerprint density at radius 3 is 1.05 bits per heavy atom. The van der Waals surface area contributed by atoms with Gasteiger partial charge in [0.15, 0.2) is 0 Å². The number of quaternary nitrogens is 3. The molecule has 4 aromatic rings. The molecule has 57 heavy (non-hydrogen) atoms. The van der Waals surface area contributed by atoms with Gasteiger partial charge < -0.3 is 64.4 Å². The summed E-state index contributed by atoms with van der Waals surface area (Å²) in [5.74, 6) is 0. The Hall–Kier alpha value is -4.41. The maximum Gasteiger partial charge on any atom is 0.336 e. The molecule has 0 bridgehead atoms. The number of rotatable bonds is 18. The third kappa shape index (κ3) is 14.2. The molecule has 4 rings (SSSR count). The molecule has 0 saturated heterocycles. The molecule has 3 aromatic carbocycles. The number of aromatic nitrogens is 3. The first-order valence-electron chi connectivity index (χ1n) is 17.3. The maximum atomic E-state index is 14.0. The Balaban J connectivity index is 0.00000541. The first kappa shape index (κ1) is 50.6. The van der Waals surface area contributed by atoms with Gasteiger partial charge in [0.1, 0.15) is 19.6 Å². The summed E-state index contributed by atoms with van der Waals surface area (Å²) in [5.41, 5.74) is 0.0535. The van der Waals surface area contributed by atoms with Crippen molar-refractivity contribution < 1.29 is 79.2 Å². The largest absolute Gasteiger partial charge is 1.00 e. The Morgan fingerprint density at radius 2 is 0.754 bits per heavy atom. The van der Waals surface area contributed by atoms with Gasteiger partial charge in [-0.2, -0.15) is 0 Å². The third-order valence-electron chi connectivity index (χ3n) is 9.42. The fourth-order valence-electron chi connectivity index (χ4n) is 6.30. The van der Waals surface area contributed by atoms with Gasteiger partial charge in [-0.25, -0.2) is 28.1 Å². The molecule has 0 radical (unpaired) electrons. The molecule has 1 heterocycles. The van der Waals surface area contributed by atoms with E-state index in [1.165, 1.54) is 36.4 Å². The number of nitro groups is 3. The van der Waals surface area contributed by atoms with Crippen LogP contribution in [0.2, 0.25) is 0 Å². The van der Waals surface area contributed by atoms with E-state index in [4.69, 9.17) is 0 Å². The second-order valence-electron chi connectivity index (χ2n) is 15.5. The van der Waals surface area contributed by atoms with Crippen LogP contribution in [0.4, 0.5) is 17.1 Å². The van der Waals surface area contributed by atoms with Gasteiger partial charge >= 0.3 is 17.1 Å². The highest BCUT2D eigenvalue weighted by molar-refractivity contribution is 5.34. The lowest BCUT2D eigenvalue weighted by atomic mass is 10.2. The van der Waals surface area contributed by atoms with Crippen molar-refractivity contribution in [2.75, 3.05) is 61.9 Å². The fourth-order valence-corrected chi connectivity index (χ4v) is 6.30. The van der Waals surface area contributed by atoms with Crippen LogP contribution < -0.4 is 68.0 Å². The van der Waals surface area contributed by atoms with E-state index in [0.717, 1.165) is 24.8 Å². The standard InChI is InChI=1S/C36H48N9O9.3BrH/c1-43(2,25-28-10-14-31(15-11-28)40(49)50)21-18-37-34(46)38(19-22-44(3,4)26-29-12-16-32(17-13-29)41(51)52)36(48)39(35(37)47)20-23-45(5,6)27-30-8-7-9-33(24-30)42(53)54;;;/h7-17,24H,18-23,25-27H2,1-6H3;3*1H/q+3;;;/p-3. The normalized spacial score (nSPS) is 11.5. The number of hydrogen-bond donors (Lipinski definition) is 0. The predicted octanol–water partition coefficient (Wildman–Crippen LogP) is -6.26. The quantitative estimate of drug-likeness (QED) is 0.0530. The number of likely N-dealkylation sites (N-methyl/N-ethyl adjacent to an activating group) is 3. The van der Waals surface area contributed by atoms with Gasteiger partial charge in [0.25, 0.3) is 17.1 Å². The zero-order valence-electron chi connectivity index (χ0n) is 32.6. The number of hydrogen-bond acceptors (Lipinski definition) is 9. The van der Waals surface area contributed by atoms with Crippen molar-refractivity contribution in [1.82, 2.24) is 13.7 Å². The van der Waals surface area contributed by atoms with Gasteiger partial charge in [-0.1, -0.05) is 12.1 Å². The number of non-ortho nitro benzene ring substituents is 3. The summed E-state index contributed by atoms with van der Waals surface area (Å²) in [5, 5.41) is 33.5. The molecule has 21 heteroatoms. The monoisotopic (exact) mass is 987 g/mol. The van der Waals surface area contributed by atoms with E-state index in [9.17, 15) is 44.7 Å². The molecule has 18 nitrogen and oxygen atoms in total. The van der Waals surface area contributed by atoms with Crippen LogP contribution in [0.25, 0.3) is 0 Å². The topological polar surface area (TPSA) is 195 Å². The Labute approximate surface area is 360 Å². The molecule has 0 aliphatic rings. The van der Waals surface area contributed by atoms with Crippen molar-refractivity contribution in [3.05, 3.63) is 151 Å². The van der Waals surface area contributed by atoms with E-state index >= 15 is 0 Å². The number of nitro benzene ring substituents is 3. The van der Waals surface area contributed by atoms with Crippen LogP contribution in [0.5, 0.6) is 0 Å². The third-order valence-corrected chi connectivity index (χ3v) is 9.42. The first-order valence-corrected chi connectivity index (χ1v) is 17.3. The van der Waals surface area contributed by atoms with E-state index < -0.39 is 31.8 Å². The second kappa shape index (κ2) is 20.8. The predicted molar refractivity (Wildman–Crippen MR) is 201 cm³/mol. The molecular formula is C36H48Br3N9O9. The van der Waals surface area contributed by atoms with Crippen molar-refractivity contribution in [3.8, 4) is 0 Å². The molecule has 0 fully saturated rings. The number of benzene rings is 3. The lowest BCUT2D eigenvalue weighted by Crippen LogP contribution is -3.00.